The summed E-state index contributed by atoms with van der Waals surface area (Å²) in [4.78, 5) is 16.1. The molecule has 0 atom stereocenters. The Labute approximate surface area is 131 Å². The van der Waals surface area contributed by atoms with Crippen LogP contribution in [0.2, 0.25) is 0 Å². The third kappa shape index (κ3) is 3.72. The van der Waals surface area contributed by atoms with Gasteiger partial charge in [0.15, 0.2) is 5.82 Å². The second-order valence-electron chi connectivity index (χ2n) is 5.52. The van der Waals surface area contributed by atoms with Crippen molar-refractivity contribution in [3.8, 4) is 0 Å². The molecular weight excluding hydrogens is 308 g/mol. The predicted molar refractivity (Wildman–Crippen MR) is 74.8 cm³/mol. The van der Waals surface area contributed by atoms with Crippen LogP contribution in [0.4, 0.5) is 8.78 Å². The molecule has 0 saturated heterocycles. The van der Waals surface area contributed by atoms with E-state index in [2.05, 4.69) is 20.6 Å². The van der Waals surface area contributed by atoms with Crippen molar-refractivity contribution < 1.29 is 18.1 Å². The molecule has 1 amide bonds. The zero-order valence-corrected chi connectivity index (χ0v) is 12.4. The SMILES string of the molecule is O=C(NCc1nc(C2CCCCC2)no1)c1ccn(C(F)F)n1. The van der Waals surface area contributed by atoms with Gasteiger partial charge in [-0.25, -0.2) is 4.68 Å². The number of halogens is 2. The summed E-state index contributed by atoms with van der Waals surface area (Å²) in [5.74, 6) is 0.726. The van der Waals surface area contributed by atoms with Gasteiger partial charge in [0.25, 0.3) is 5.91 Å². The average molecular weight is 325 g/mol. The summed E-state index contributed by atoms with van der Waals surface area (Å²) in [6.07, 6.45) is 6.72. The highest BCUT2D eigenvalue weighted by Crippen LogP contribution is 2.30. The van der Waals surface area contributed by atoms with Crippen LogP contribution in [-0.4, -0.2) is 25.8 Å². The quantitative estimate of drug-likeness (QED) is 0.913. The van der Waals surface area contributed by atoms with Gasteiger partial charge in [0.05, 0.1) is 6.54 Å². The summed E-state index contributed by atoms with van der Waals surface area (Å²) in [6.45, 7) is -2.73. The molecule has 1 N–H and O–H groups in total. The van der Waals surface area contributed by atoms with Crippen molar-refractivity contribution >= 4 is 5.91 Å². The molecule has 0 unspecified atom stereocenters. The summed E-state index contributed by atoms with van der Waals surface area (Å²) in [7, 11) is 0. The molecule has 2 aromatic heterocycles. The fourth-order valence-electron chi connectivity index (χ4n) is 2.68. The van der Waals surface area contributed by atoms with Crippen LogP contribution >= 0.6 is 0 Å². The number of nitrogens with zero attached hydrogens (tertiary/aromatic N) is 4. The molecule has 2 aromatic rings. The minimum Gasteiger partial charge on any atom is -0.342 e. The second-order valence-corrected chi connectivity index (χ2v) is 5.52. The van der Waals surface area contributed by atoms with Crippen LogP contribution in [0.15, 0.2) is 16.8 Å². The fourth-order valence-corrected chi connectivity index (χ4v) is 2.68. The highest BCUT2D eigenvalue weighted by Gasteiger charge is 2.21. The Hall–Kier alpha value is -2.32. The van der Waals surface area contributed by atoms with Crippen LogP contribution < -0.4 is 5.32 Å². The molecule has 23 heavy (non-hydrogen) atoms. The molecule has 7 nitrogen and oxygen atoms in total. The molecule has 124 valence electrons. The lowest BCUT2D eigenvalue weighted by atomic mass is 9.89. The van der Waals surface area contributed by atoms with Crippen molar-refractivity contribution in [2.24, 2.45) is 0 Å². The van der Waals surface area contributed by atoms with E-state index in [0.717, 1.165) is 31.9 Å². The molecule has 1 saturated carbocycles. The van der Waals surface area contributed by atoms with Gasteiger partial charge >= 0.3 is 6.55 Å². The van der Waals surface area contributed by atoms with Gasteiger partial charge in [0.2, 0.25) is 5.89 Å². The van der Waals surface area contributed by atoms with Gasteiger partial charge in [0, 0.05) is 12.1 Å². The third-order valence-corrected chi connectivity index (χ3v) is 3.90. The van der Waals surface area contributed by atoms with Gasteiger partial charge < -0.3 is 9.84 Å². The number of alkyl halides is 2. The van der Waals surface area contributed by atoms with E-state index < -0.39 is 12.5 Å². The molecule has 9 heteroatoms. The fraction of sp³-hybridized carbons (Fsp3) is 0.571. The van der Waals surface area contributed by atoms with E-state index in [1.807, 2.05) is 0 Å². The molecule has 3 rings (SSSR count). The molecule has 0 aromatic carbocycles. The van der Waals surface area contributed by atoms with Gasteiger partial charge in [-0.05, 0) is 18.9 Å². The zero-order chi connectivity index (χ0) is 16.2. The van der Waals surface area contributed by atoms with Gasteiger partial charge in [0.1, 0.15) is 5.69 Å². The Morgan fingerprint density at radius 3 is 2.87 bits per heavy atom. The van der Waals surface area contributed by atoms with Crippen molar-refractivity contribution in [2.75, 3.05) is 0 Å². The topological polar surface area (TPSA) is 85.8 Å². The van der Waals surface area contributed by atoms with Crippen molar-refractivity contribution in [3.63, 3.8) is 0 Å². The molecule has 2 heterocycles. The third-order valence-electron chi connectivity index (χ3n) is 3.90. The smallest absolute Gasteiger partial charge is 0.333 e. The minimum atomic E-state index is -2.77. The number of amides is 1. The van der Waals surface area contributed by atoms with Gasteiger partial charge in [-0.3, -0.25) is 4.79 Å². The maximum atomic E-state index is 12.4. The highest BCUT2D eigenvalue weighted by atomic mass is 19.3. The number of rotatable bonds is 5. The van der Waals surface area contributed by atoms with E-state index in [-0.39, 0.29) is 12.2 Å². The number of hydrogen-bond donors (Lipinski definition) is 1. The predicted octanol–water partition coefficient (Wildman–Crippen LogP) is 2.64. The van der Waals surface area contributed by atoms with Crippen LogP contribution in [0.5, 0.6) is 0 Å². The van der Waals surface area contributed by atoms with Crippen molar-refractivity contribution in [1.82, 2.24) is 25.2 Å². The Balaban J connectivity index is 1.55. The molecule has 1 aliphatic rings. The monoisotopic (exact) mass is 325 g/mol. The first kappa shape index (κ1) is 15.6. The van der Waals surface area contributed by atoms with Gasteiger partial charge in [-0.1, -0.05) is 24.4 Å². The van der Waals surface area contributed by atoms with Crippen LogP contribution in [0, 0.1) is 0 Å². The van der Waals surface area contributed by atoms with E-state index in [9.17, 15) is 13.6 Å². The van der Waals surface area contributed by atoms with Gasteiger partial charge in [-0.15, -0.1) is 0 Å². The summed E-state index contributed by atoms with van der Waals surface area (Å²) >= 11 is 0. The molecule has 0 bridgehead atoms. The molecule has 0 spiro atoms. The zero-order valence-electron chi connectivity index (χ0n) is 12.4. The summed E-state index contributed by atoms with van der Waals surface area (Å²) < 4.78 is 30.4. The lowest BCUT2D eigenvalue weighted by Gasteiger charge is -2.17. The summed E-state index contributed by atoms with van der Waals surface area (Å²) in [6, 6.07) is 1.22. The second kappa shape index (κ2) is 6.84. The van der Waals surface area contributed by atoms with Crippen LogP contribution in [0.3, 0.4) is 0 Å². The first-order chi connectivity index (χ1) is 11.1. The first-order valence-corrected chi connectivity index (χ1v) is 7.57. The Morgan fingerprint density at radius 2 is 2.17 bits per heavy atom. The average Bonchev–Trinajstić information content (AvgIpc) is 3.23. The van der Waals surface area contributed by atoms with E-state index >= 15 is 0 Å². The van der Waals surface area contributed by atoms with Crippen molar-refractivity contribution in [3.05, 3.63) is 29.7 Å². The Bertz CT molecular complexity index is 664. The van der Waals surface area contributed by atoms with Crippen molar-refractivity contribution in [1.29, 1.82) is 0 Å². The lowest BCUT2D eigenvalue weighted by Crippen LogP contribution is -2.23. The van der Waals surface area contributed by atoms with Crippen molar-refractivity contribution in [2.45, 2.75) is 51.1 Å². The van der Waals surface area contributed by atoms with Gasteiger partial charge in [-0.2, -0.15) is 18.9 Å². The molecule has 0 aliphatic heterocycles. The largest absolute Gasteiger partial charge is 0.342 e. The number of aromatic nitrogens is 4. The Morgan fingerprint density at radius 1 is 1.39 bits per heavy atom. The van der Waals surface area contributed by atoms with Crippen LogP contribution in [0.1, 0.15) is 66.8 Å². The number of carbonyl (C=O) groups is 1. The summed E-state index contributed by atoms with van der Waals surface area (Å²) in [5.41, 5.74) is -0.0858. The van der Waals surface area contributed by atoms with E-state index in [1.165, 1.54) is 12.5 Å². The highest BCUT2D eigenvalue weighted by molar-refractivity contribution is 5.91. The Kier molecular flexibility index (Phi) is 4.63. The maximum absolute atomic E-state index is 12.4. The van der Waals surface area contributed by atoms with Crippen LogP contribution in [-0.2, 0) is 6.54 Å². The number of nitrogens with one attached hydrogen (secondary N) is 1. The molecule has 0 radical (unpaired) electrons. The van der Waals surface area contributed by atoms with E-state index in [1.54, 1.807) is 0 Å². The molecule has 1 aliphatic carbocycles. The summed E-state index contributed by atoms with van der Waals surface area (Å²) in [5, 5.41) is 9.98. The standard InChI is InChI=1S/C14H17F2N5O2/c15-14(16)21-7-6-10(19-21)13(22)17-8-11-18-12(20-23-11)9-4-2-1-3-5-9/h6-7,9,14H,1-5,8H2,(H,17,22). The number of carbonyl (C=O) groups excluding carboxylic acids is 1. The lowest BCUT2D eigenvalue weighted by molar-refractivity contribution is 0.0559. The first-order valence-electron chi connectivity index (χ1n) is 7.57. The maximum Gasteiger partial charge on any atom is 0.333 e. The normalized spacial score (nSPS) is 16.0. The number of hydrogen-bond acceptors (Lipinski definition) is 5. The van der Waals surface area contributed by atoms with E-state index in [4.69, 9.17) is 4.52 Å². The molecular formula is C14H17F2N5O2. The molecule has 1 fully saturated rings. The van der Waals surface area contributed by atoms with E-state index in [0.29, 0.717) is 22.3 Å². The van der Waals surface area contributed by atoms with Crippen LogP contribution in [0.25, 0.3) is 0 Å². The minimum absolute atomic E-state index is 0.0418.